The molecule has 1 aromatic heterocycles. The van der Waals surface area contributed by atoms with Gasteiger partial charge in [-0.2, -0.15) is 0 Å². The largest absolute Gasteiger partial charge is 0.444 e. The van der Waals surface area contributed by atoms with E-state index in [4.69, 9.17) is 19.2 Å². The number of methoxy groups -OCH3 is 2. The minimum Gasteiger partial charge on any atom is -0.444 e. The Morgan fingerprint density at radius 2 is 2.03 bits per heavy atom. The number of aromatic nitrogens is 1. The average Bonchev–Trinajstić information content (AvgIpc) is 3.02. The fraction of sp³-hybridized carbons (Fsp3) is 0.727. The van der Waals surface area contributed by atoms with Crippen molar-refractivity contribution in [2.24, 2.45) is 0 Å². The van der Waals surface area contributed by atoms with Gasteiger partial charge in [-0.25, -0.2) is 9.78 Å². The van der Waals surface area contributed by atoms with Crippen molar-refractivity contribution in [1.29, 1.82) is 0 Å². The number of carbonyl (C=O) groups excluding carboxylic acids is 1. The highest BCUT2D eigenvalue weighted by molar-refractivity contribution is 5.69. The molecular weight excluding hydrogens is 370 g/mol. The van der Waals surface area contributed by atoms with E-state index in [1.165, 1.54) is 5.56 Å². The lowest BCUT2D eigenvalue weighted by molar-refractivity contribution is 0.0185. The fourth-order valence-electron chi connectivity index (χ4n) is 4.34. The second kappa shape index (κ2) is 8.48. The molecule has 0 bridgehead atoms. The summed E-state index contributed by atoms with van der Waals surface area (Å²) >= 11 is 0. The molecule has 3 heterocycles. The van der Waals surface area contributed by atoms with Gasteiger partial charge in [-0.3, -0.25) is 0 Å². The third-order valence-electron chi connectivity index (χ3n) is 5.70. The molecule has 2 aliphatic rings. The summed E-state index contributed by atoms with van der Waals surface area (Å²) in [6.07, 6.45) is 1.48. The second-order valence-corrected chi connectivity index (χ2v) is 9.04. The quantitative estimate of drug-likeness (QED) is 0.744. The number of piperazine rings is 1. The van der Waals surface area contributed by atoms with Gasteiger partial charge in [0.15, 0.2) is 0 Å². The Hall–Kier alpha value is -1.86. The van der Waals surface area contributed by atoms with E-state index in [0.29, 0.717) is 19.7 Å². The molecule has 1 aromatic rings. The maximum atomic E-state index is 12.7. The number of amides is 1. The molecule has 1 amide bonds. The zero-order valence-corrected chi connectivity index (χ0v) is 18.8. The molecule has 7 nitrogen and oxygen atoms in total. The molecule has 0 aliphatic carbocycles. The molecule has 1 saturated heterocycles. The molecule has 0 spiro atoms. The summed E-state index contributed by atoms with van der Waals surface area (Å²) in [5.74, 6) is 1.03. The number of ether oxygens (including phenoxy) is 3. The second-order valence-electron chi connectivity index (χ2n) is 9.04. The van der Waals surface area contributed by atoms with Crippen LogP contribution in [0.3, 0.4) is 0 Å². The molecule has 0 N–H and O–H groups in total. The van der Waals surface area contributed by atoms with Crippen LogP contribution in [0.4, 0.5) is 10.6 Å². The standard InChI is InChI=1S/C22H35N3O4/c1-8-17-11-24(21(26)29-22(3,4)5)12-18-10-15-9-16(13-27-6)19(14(2)28-7)23-20(15)25(17)18/h9,14,17-18H,8,10-13H2,1-7H3/t14-,17-,18-/m1/s1. The molecule has 3 atom stereocenters. The third-order valence-corrected chi connectivity index (χ3v) is 5.70. The summed E-state index contributed by atoms with van der Waals surface area (Å²) < 4.78 is 16.6. The topological polar surface area (TPSA) is 64.1 Å². The number of nitrogens with zero attached hydrogens (tertiary/aromatic N) is 3. The summed E-state index contributed by atoms with van der Waals surface area (Å²) in [6.45, 7) is 11.7. The number of pyridine rings is 1. The normalized spacial score (nSPS) is 22.3. The number of anilines is 1. The van der Waals surface area contributed by atoms with Crippen molar-refractivity contribution in [2.45, 2.75) is 77.9 Å². The molecule has 0 unspecified atom stereocenters. The van der Waals surface area contributed by atoms with E-state index in [1.807, 2.05) is 32.6 Å². The van der Waals surface area contributed by atoms with Crippen molar-refractivity contribution >= 4 is 11.9 Å². The van der Waals surface area contributed by atoms with Crippen LogP contribution in [0, 0.1) is 0 Å². The summed E-state index contributed by atoms with van der Waals surface area (Å²) in [5.41, 5.74) is 2.73. The van der Waals surface area contributed by atoms with Crippen molar-refractivity contribution in [3.8, 4) is 0 Å². The number of rotatable bonds is 5. The van der Waals surface area contributed by atoms with Crippen LogP contribution < -0.4 is 4.90 Å². The number of carbonyl (C=O) groups is 1. The lowest BCUT2D eigenvalue weighted by Crippen LogP contribution is -2.59. The van der Waals surface area contributed by atoms with Crippen LogP contribution in [-0.4, -0.2) is 61.0 Å². The summed E-state index contributed by atoms with van der Waals surface area (Å²) in [6, 6.07) is 2.64. The molecule has 2 aliphatic heterocycles. The Morgan fingerprint density at radius 1 is 1.31 bits per heavy atom. The van der Waals surface area contributed by atoms with Crippen LogP contribution in [0.1, 0.15) is 64.0 Å². The molecule has 7 heteroatoms. The summed E-state index contributed by atoms with van der Waals surface area (Å²) in [5, 5.41) is 0. The maximum absolute atomic E-state index is 12.7. The van der Waals surface area contributed by atoms with Crippen LogP contribution >= 0.6 is 0 Å². The van der Waals surface area contributed by atoms with Crippen molar-refractivity contribution in [2.75, 3.05) is 32.2 Å². The molecule has 29 heavy (non-hydrogen) atoms. The molecular formula is C22H35N3O4. The Balaban J connectivity index is 1.90. The number of hydrogen-bond acceptors (Lipinski definition) is 6. The minimum atomic E-state index is -0.490. The van der Waals surface area contributed by atoms with Gasteiger partial charge >= 0.3 is 6.09 Å². The van der Waals surface area contributed by atoms with Crippen molar-refractivity contribution in [3.63, 3.8) is 0 Å². The maximum Gasteiger partial charge on any atom is 0.410 e. The van der Waals surface area contributed by atoms with Crippen LogP contribution in [0.25, 0.3) is 0 Å². The van der Waals surface area contributed by atoms with Gasteiger partial charge in [-0.05, 0) is 52.2 Å². The first-order valence-corrected chi connectivity index (χ1v) is 10.5. The van der Waals surface area contributed by atoms with E-state index in [-0.39, 0.29) is 24.3 Å². The van der Waals surface area contributed by atoms with Crippen molar-refractivity contribution < 1.29 is 19.0 Å². The fourth-order valence-corrected chi connectivity index (χ4v) is 4.34. The van der Waals surface area contributed by atoms with E-state index < -0.39 is 5.60 Å². The predicted molar refractivity (Wildman–Crippen MR) is 112 cm³/mol. The average molecular weight is 406 g/mol. The first kappa shape index (κ1) is 21.8. The van der Waals surface area contributed by atoms with E-state index >= 15 is 0 Å². The Bertz CT molecular complexity index is 746. The lowest BCUT2D eigenvalue weighted by atomic mass is 10.0. The van der Waals surface area contributed by atoms with Gasteiger partial charge in [0.05, 0.1) is 24.4 Å². The third kappa shape index (κ3) is 4.51. The first-order chi connectivity index (χ1) is 13.7. The molecule has 3 rings (SSSR count). The molecule has 1 fully saturated rings. The highest BCUT2D eigenvalue weighted by Crippen LogP contribution is 2.38. The van der Waals surface area contributed by atoms with Gasteiger partial charge in [0.1, 0.15) is 11.4 Å². The zero-order valence-electron chi connectivity index (χ0n) is 18.8. The van der Waals surface area contributed by atoms with Crippen LogP contribution in [-0.2, 0) is 27.2 Å². The first-order valence-electron chi connectivity index (χ1n) is 10.5. The monoisotopic (exact) mass is 405 g/mol. The SMILES string of the molecule is CC[C@@H]1CN(C(=O)OC(C)(C)C)C[C@H]2Cc3cc(COC)c([C@@H](C)OC)nc3N12. The van der Waals surface area contributed by atoms with Gasteiger partial charge in [-0.15, -0.1) is 0 Å². The Kier molecular flexibility index (Phi) is 6.39. The summed E-state index contributed by atoms with van der Waals surface area (Å²) in [4.78, 5) is 22.0. The van der Waals surface area contributed by atoms with E-state index in [0.717, 1.165) is 29.9 Å². The van der Waals surface area contributed by atoms with Crippen molar-refractivity contribution in [1.82, 2.24) is 9.88 Å². The van der Waals surface area contributed by atoms with Gasteiger partial charge < -0.3 is 24.0 Å². The number of fused-ring (bicyclic) bond motifs is 3. The Morgan fingerprint density at radius 3 is 2.62 bits per heavy atom. The van der Waals surface area contributed by atoms with E-state index in [9.17, 15) is 4.79 Å². The Labute approximate surface area is 174 Å². The zero-order chi connectivity index (χ0) is 21.3. The van der Waals surface area contributed by atoms with Crippen molar-refractivity contribution in [3.05, 3.63) is 22.9 Å². The minimum absolute atomic E-state index is 0.104. The molecule has 0 saturated carbocycles. The van der Waals surface area contributed by atoms with Gasteiger partial charge in [-0.1, -0.05) is 6.92 Å². The van der Waals surface area contributed by atoms with Crippen LogP contribution in [0.5, 0.6) is 0 Å². The van der Waals surface area contributed by atoms with E-state index in [1.54, 1.807) is 14.2 Å². The van der Waals surface area contributed by atoms with Gasteiger partial charge in [0, 0.05) is 38.9 Å². The number of hydrogen-bond donors (Lipinski definition) is 0. The van der Waals surface area contributed by atoms with Gasteiger partial charge in [0.25, 0.3) is 0 Å². The van der Waals surface area contributed by atoms with Crippen LogP contribution in [0.2, 0.25) is 0 Å². The molecule has 0 aromatic carbocycles. The molecule has 0 radical (unpaired) electrons. The van der Waals surface area contributed by atoms with Crippen LogP contribution in [0.15, 0.2) is 6.07 Å². The smallest absolute Gasteiger partial charge is 0.410 e. The highest BCUT2D eigenvalue weighted by Gasteiger charge is 2.43. The van der Waals surface area contributed by atoms with Gasteiger partial charge in [0.2, 0.25) is 0 Å². The highest BCUT2D eigenvalue weighted by atomic mass is 16.6. The predicted octanol–water partition coefficient (Wildman–Crippen LogP) is 3.70. The molecule has 162 valence electrons. The summed E-state index contributed by atoms with van der Waals surface area (Å²) in [7, 11) is 3.40. The van der Waals surface area contributed by atoms with E-state index in [2.05, 4.69) is 17.9 Å². The lowest BCUT2D eigenvalue weighted by Gasteiger charge is -2.44.